The molecule has 0 spiro atoms. The number of nitroso groups, excluding NO2 is 2. The summed E-state index contributed by atoms with van der Waals surface area (Å²) >= 11 is 0. The first kappa shape index (κ1) is 25.8. The summed E-state index contributed by atoms with van der Waals surface area (Å²) in [4.78, 5) is 15.0. The fraction of sp³-hybridized carbons (Fsp3) is 1.00. The third-order valence-corrected chi connectivity index (χ3v) is 1.33. The summed E-state index contributed by atoms with van der Waals surface area (Å²) in [6.07, 6.45) is 0. The third-order valence-electron chi connectivity index (χ3n) is 1.33. The number of hydrogen-bond donors (Lipinski definition) is 4. The van der Waals surface area contributed by atoms with Crippen molar-refractivity contribution < 1.29 is 0 Å². The van der Waals surface area contributed by atoms with E-state index in [0.717, 1.165) is 0 Å². The molecule has 0 saturated carbocycles. The van der Waals surface area contributed by atoms with Crippen molar-refractivity contribution in [1.29, 1.82) is 11.2 Å². The second-order valence-corrected chi connectivity index (χ2v) is 4.95. The lowest BCUT2D eigenvalue weighted by atomic mass is 10.3. The van der Waals surface area contributed by atoms with Crippen molar-refractivity contribution in [2.75, 3.05) is 0 Å². The Bertz CT molecular complexity index is 114. The van der Waals surface area contributed by atoms with E-state index >= 15 is 0 Å². The maximum absolute atomic E-state index is 7.50. The van der Waals surface area contributed by atoms with Crippen LogP contribution in [0.15, 0.2) is 0 Å². The van der Waals surface area contributed by atoms with Crippen molar-refractivity contribution in [2.24, 2.45) is 0 Å². The normalized spacial score (nSPS) is 9.11. The van der Waals surface area contributed by atoms with Crippen LogP contribution in [0.1, 0.15) is 55.4 Å². The van der Waals surface area contributed by atoms with Crippen molar-refractivity contribution in [3.63, 3.8) is 0 Å². The van der Waals surface area contributed by atoms with Gasteiger partial charge in [-0.1, -0.05) is 66.6 Å². The zero-order chi connectivity index (χ0) is 15.7. The van der Waals surface area contributed by atoms with Gasteiger partial charge in [0.1, 0.15) is 0 Å². The standard InChI is InChI=1S/2C6H15N.2HNO/c2*1-5(2)7-6(3)4;2*1-2/h2*5-7H,1-4H3;2*1H. The van der Waals surface area contributed by atoms with Gasteiger partial charge in [-0.15, -0.1) is 0 Å². The first-order valence-corrected chi connectivity index (χ1v) is 6.18. The molecule has 0 aliphatic rings. The van der Waals surface area contributed by atoms with E-state index in [1.165, 1.54) is 0 Å². The van der Waals surface area contributed by atoms with Crippen molar-refractivity contribution in [1.82, 2.24) is 10.6 Å². The molecule has 0 heterocycles. The molecule has 0 aliphatic carbocycles. The first-order valence-electron chi connectivity index (χ1n) is 6.18. The molecular formula is C12H32N4O2. The second kappa shape index (κ2) is 21.4. The van der Waals surface area contributed by atoms with Crippen LogP contribution in [0.2, 0.25) is 0 Å². The van der Waals surface area contributed by atoms with Crippen LogP contribution in [0.5, 0.6) is 0 Å². The minimum absolute atomic E-state index is 0.625. The van der Waals surface area contributed by atoms with E-state index in [-0.39, 0.29) is 0 Å². The molecule has 0 amide bonds. The van der Waals surface area contributed by atoms with E-state index in [0.29, 0.717) is 24.2 Å². The maximum atomic E-state index is 7.50. The van der Waals surface area contributed by atoms with E-state index in [4.69, 9.17) is 9.81 Å². The van der Waals surface area contributed by atoms with Gasteiger partial charge in [0.05, 0.1) is 0 Å². The maximum Gasteiger partial charge on any atom is 0.00127 e. The molecule has 0 bridgehead atoms. The molecular weight excluding hydrogens is 232 g/mol. The quantitative estimate of drug-likeness (QED) is 0.583. The molecule has 0 radical (unpaired) electrons. The molecule has 4 N–H and O–H groups in total. The Kier molecular flexibility index (Phi) is 30.7. The highest BCUT2D eigenvalue weighted by Gasteiger charge is 1.93. The lowest BCUT2D eigenvalue weighted by Crippen LogP contribution is -2.29. The van der Waals surface area contributed by atoms with Gasteiger partial charge in [0.2, 0.25) is 0 Å². The van der Waals surface area contributed by atoms with Crippen molar-refractivity contribution >= 4 is 0 Å². The van der Waals surface area contributed by atoms with Crippen molar-refractivity contribution in [3.05, 3.63) is 9.81 Å². The Hall–Kier alpha value is -0.880. The summed E-state index contributed by atoms with van der Waals surface area (Å²) in [6, 6.07) is 2.50. The Morgan fingerprint density at radius 2 is 0.611 bits per heavy atom. The fourth-order valence-electron chi connectivity index (χ4n) is 1.33. The Labute approximate surface area is 112 Å². The van der Waals surface area contributed by atoms with Crippen molar-refractivity contribution in [2.45, 2.75) is 79.6 Å². The van der Waals surface area contributed by atoms with Crippen LogP contribution >= 0.6 is 0 Å². The van der Waals surface area contributed by atoms with Crippen LogP contribution in [0.4, 0.5) is 0 Å². The van der Waals surface area contributed by atoms with Crippen LogP contribution in [-0.2, 0) is 0 Å². The summed E-state index contributed by atoms with van der Waals surface area (Å²) in [5.41, 5.74) is 9.00. The van der Waals surface area contributed by atoms with Crippen LogP contribution in [0.3, 0.4) is 0 Å². The highest BCUT2D eigenvalue weighted by molar-refractivity contribution is 4.56. The Balaban J connectivity index is -0.0000000851. The molecule has 0 aromatic heterocycles. The summed E-state index contributed by atoms with van der Waals surface area (Å²) in [5, 5.41) is 6.61. The Morgan fingerprint density at radius 1 is 0.500 bits per heavy atom. The van der Waals surface area contributed by atoms with E-state index in [9.17, 15) is 0 Å². The highest BCUT2D eigenvalue weighted by Crippen LogP contribution is 1.81. The lowest BCUT2D eigenvalue weighted by Gasteiger charge is -2.10. The van der Waals surface area contributed by atoms with E-state index < -0.39 is 0 Å². The SMILES string of the molecule is CC(C)NC(C)C.CC(C)NC(C)C.N=O.N=O. The van der Waals surface area contributed by atoms with Gasteiger partial charge < -0.3 is 10.6 Å². The number of hydrogen-bond acceptors (Lipinski definition) is 6. The zero-order valence-electron chi connectivity index (χ0n) is 13.1. The minimum Gasteiger partial charge on any atom is -0.312 e. The summed E-state index contributed by atoms with van der Waals surface area (Å²) < 4.78 is 0. The molecule has 0 fully saturated rings. The van der Waals surface area contributed by atoms with Crippen LogP contribution in [0.25, 0.3) is 0 Å². The van der Waals surface area contributed by atoms with Gasteiger partial charge in [-0.25, -0.2) is 0 Å². The largest absolute Gasteiger partial charge is 0.312 e. The number of rotatable bonds is 4. The molecule has 0 aromatic rings. The van der Waals surface area contributed by atoms with Gasteiger partial charge in [0.25, 0.3) is 0 Å². The van der Waals surface area contributed by atoms with Crippen LogP contribution < -0.4 is 10.6 Å². The number of nitrogens with one attached hydrogen (secondary N) is 4. The van der Waals surface area contributed by atoms with E-state index in [1.807, 2.05) is 0 Å². The van der Waals surface area contributed by atoms with Crippen molar-refractivity contribution in [3.8, 4) is 0 Å². The Morgan fingerprint density at radius 3 is 0.611 bits per heavy atom. The van der Waals surface area contributed by atoms with Crippen LogP contribution in [0, 0.1) is 21.0 Å². The fourth-order valence-corrected chi connectivity index (χ4v) is 1.33. The van der Waals surface area contributed by atoms with E-state index in [2.05, 4.69) is 77.2 Å². The predicted octanol–water partition coefficient (Wildman–Crippen LogP) is 3.45. The van der Waals surface area contributed by atoms with Gasteiger partial charge in [0.15, 0.2) is 0 Å². The highest BCUT2D eigenvalue weighted by atomic mass is 16.2. The van der Waals surface area contributed by atoms with Gasteiger partial charge in [-0.05, 0) is 0 Å². The second-order valence-electron chi connectivity index (χ2n) is 4.95. The van der Waals surface area contributed by atoms with Crippen LogP contribution in [-0.4, -0.2) is 24.2 Å². The smallest absolute Gasteiger partial charge is 0.00127 e. The molecule has 0 aromatic carbocycles. The van der Waals surface area contributed by atoms with Gasteiger partial charge in [0, 0.05) is 24.2 Å². The topological polar surface area (TPSA) is 106 Å². The molecule has 0 aliphatic heterocycles. The van der Waals surface area contributed by atoms with Gasteiger partial charge >= 0.3 is 0 Å². The first-order chi connectivity index (χ1) is 8.25. The molecule has 6 heteroatoms. The molecule has 0 atom stereocenters. The van der Waals surface area contributed by atoms with Gasteiger partial charge in [-0.2, -0.15) is 9.81 Å². The molecule has 18 heavy (non-hydrogen) atoms. The third kappa shape index (κ3) is 59.5. The molecule has 112 valence electrons. The average molecular weight is 264 g/mol. The summed E-state index contributed by atoms with van der Waals surface area (Å²) in [5.74, 6) is 0. The average Bonchev–Trinajstić information content (AvgIpc) is 2.20. The minimum atomic E-state index is 0.625. The van der Waals surface area contributed by atoms with Gasteiger partial charge in [-0.3, -0.25) is 0 Å². The van der Waals surface area contributed by atoms with E-state index in [1.54, 1.807) is 0 Å². The predicted molar refractivity (Wildman–Crippen MR) is 79.0 cm³/mol. The molecule has 0 rings (SSSR count). The summed E-state index contributed by atoms with van der Waals surface area (Å²) in [7, 11) is 0. The molecule has 6 nitrogen and oxygen atoms in total. The summed E-state index contributed by atoms with van der Waals surface area (Å²) in [6.45, 7) is 17.2. The zero-order valence-corrected chi connectivity index (χ0v) is 13.1. The molecule has 0 unspecified atom stereocenters. The lowest BCUT2D eigenvalue weighted by molar-refractivity contribution is 0.518. The monoisotopic (exact) mass is 264 g/mol. The molecule has 0 saturated heterocycles.